The van der Waals surface area contributed by atoms with Crippen LogP contribution in [0.3, 0.4) is 0 Å². The van der Waals surface area contributed by atoms with Crippen LogP contribution in [-0.4, -0.2) is 16.9 Å². The normalized spacial score (nSPS) is 12.3. The van der Waals surface area contributed by atoms with E-state index in [-0.39, 0.29) is 12.1 Å². The van der Waals surface area contributed by atoms with Gasteiger partial charge in [0.15, 0.2) is 0 Å². The average Bonchev–Trinajstić information content (AvgIpc) is 1.58. The molecule has 0 aromatic rings. The van der Waals surface area contributed by atoms with Crippen molar-refractivity contribution < 1.29 is 9.53 Å². The van der Waals surface area contributed by atoms with Gasteiger partial charge in [0, 0.05) is 13.3 Å². The second-order valence-corrected chi connectivity index (χ2v) is 3.02. The van der Waals surface area contributed by atoms with Crippen LogP contribution in [0.1, 0.15) is 27.2 Å². The van der Waals surface area contributed by atoms with E-state index in [4.69, 9.17) is 17.0 Å². The number of carbonyl (C=O) groups excluding carboxylic acids is 1. The van der Waals surface area contributed by atoms with Crippen molar-refractivity contribution in [2.45, 2.75) is 33.3 Å². The summed E-state index contributed by atoms with van der Waals surface area (Å²) in [6.45, 7) is 5.07. The number of hydrogen-bond acceptors (Lipinski definition) is 3. The number of carbonyl (C=O) groups is 1. The minimum absolute atomic E-state index is 0.0741. The van der Waals surface area contributed by atoms with Crippen LogP contribution in [0.4, 0.5) is 0 Å². The summed E-state index contributed by atoms with van der Waals surface area (Å²) in [5.41, 5.74) is 0. The van der Waals surface area contributed by atoms with Crippen LogP contribution < -0.4 is 0 Å². The van der Waals surface area contributed by atoms with Gasteiger partial charge in [-0.3, -0.25) is 4.79 Å². The Kier molecular flexibility index (Phi) is 4.19. The molecule has 0 heterocycles. The lowest BCUT2D eigenvalue weighted by molar-refractivity contribution is -0.145. The Hall–Kier alpha value is -0.440. The smallest absolute Gasteiger partial charge is 0.302 e. The maximum Gasteiger partial charge on any atom is 0.302 e. The zero-order chi connectivity index (χ0) is 8.15. The van der Waals surface area contributed by atoms with Gasteiger partial charge in [0.05, 0.1) is 0 Å². The van der Waals surface area contributed by atoms with Gasteiger partial charge in [-0.2, -0.15) is 0 Å². The molecule has 0 aliphatic carbocycles. The van der Waals surface area contributed by atoms with Crippen LogP contribution in [0.15, 0.2) is 0 Å². The number of rotatable bonds is 3. The highest BCUT2D eigenvalue weighted by atomic mass is 32.1. The SMILES string of the molecule is CC(=O)OC(C)CC(C)=S. The van der Waals surface area contributed by atoms with Gasteiger partial charge in [-0.15, -0.1) is 0 Å². The predicted molar refractivity (Wildman–Crippen MR) is 44.1 cm³/mol. The molecule has 10 heavy (non-hydrogen) atoms. The fourth-order valence-corrected chi connectivity index (χ4v) is 0.965. The van der Waals surface area contributed by atoms with Crippen molar-refractivity contribution in [2.75, 3.05) is 0 Å². The minimum Gasteiger partial charge on any atom is -0.462 e. The Balaban J connectivity index is 3.53. The molecule has 0 saturated heterocycles. The van der Waals surface area contributed by atoms with Crippen LogP contribution in [-0.2, 0) is 9.53 Å². The number of esters is 1. The third kappa shape index (κ3) is 5.69. The molecule has 0 aromatic carbocycles. The summed E-state index contributed by atoms with van der Waals surface area (Å²) in [4.78, 5) is 11.2. The Morgan fingerprint density at radius 1 is 1.60 bits per heavy atom. The molecule has 58 valence electrons. The van der Waals surface area contributed by atoms with E-state index in [2.05, 4.69) is 0 Å². The summed E-state index contributed by atoms with van der Waals surface area (Å²) >= 11 is 4.83. The summed E-state index contributed by atoms with van der Waals surface area (Å²) in [6.07, 6.45) is 0.601. The van der Waals surface area contributed by atoms with Crippen LogP contribution in [0.25, 0.3) is 0 Å². The first-order chi connectivity index (χ1) is 4.52. The second-order valence-electron chi connectivity index (χ2n) is 2.33. The maximum absolute atomic E-state index is 10.4. The van der Waals surface area contributed by atoms with Gasteiger partial charge in [-0.25, -0.2) is 0 Å². The summed E-state index contributed by atoms with van der Waals surface area (Å²) < 4.78 is 4.83. The van der Waals surface area contributed by atoms with Crippen LogP contribution >= 0.6 is 12.2 Å². The number of hydrogen-bond donors (Lipinski definition) is 0. The third-order valence-electron chi connectivity index (χ3n) is 0.942. The Morgan fingerprint density at radius 2 is 2.10 bits per heavy atom. The van der Waals surface area contributed by atoms with E-state index in [0.29, 0.717) is 6.42 Å². The molecule has 0 aliphatic rings. The summed E-state index contributed by atoms with van der Waals surface area (Å²) in [5.74, 6) is -0.247. The molecular formula is C7H12O2S. The van der Waals surface area contributed by atoms with Crippen LogP contribution in [0.5, 0.6) is 0 Å². The highest BCUT2D eigenvalue weighted by Gasteiger charge is 2.04. The molecule has 2 nitrogen and oxygen atoms in total. The quantitative estimate of drug-likeness (QED) is 0.464. The van der Waals surface area contributed by atoms with Gasteiger partial charge < -0.3 is 4.74 Å². The zero-order valence-electron chi connectivity index (χ0n) is 6.51. The zero-order valence-corrected chi connectivity index (χ0v) is 7.33. The van der Waals surface area contributed by atoms with Crippen molar-refractivity contribution in [2.24, 2.45) is 0 Å². The predicted octanol–water partition coefficient (Wildman–Crippen LogP) is 1.72. The molecule has 0 saturated carbocycles. The van der Waals surface area contributed by atoms with Crippen molar-refractivity contribution in [3.8, 4) is 0 Å². The molecule has 0 radical (unpaired) electrons. The molecule has 3 heteroatoms. The average molecular weight is 160 g/mol. The lowest BCUT2D eigenvalue weighted by atomic mass is 10.2. The van der Waals surface area contributed by atoms with E-state index in [1.165, 1.54) is 6.92 Å². The van der Waals surface area contributed by atoms with Gasteiger partial charge in [0.2, 0.25) is 0 Å². The third-order valence-corrected chi connectivity index (χ3v) is 1.11. The first-order valence-electron chi connectivity index (χ1n) is 3.19. The first kappa shape index (κ1) is 9.56. The van der Waals surface area contributed by atoms with Gasteiger partial charge in [-0.1, -0.05) is 12.2 Å². The molecule has 0 spiro atoms. The van der Waals surface area contributed by atoms with Crippen molar-refractivity contribution in [1.29, 1.82) is 0 Å². The topological polar surface area (TPSA) is 26.3 Å². The lowest BCUT2D eigenvalue weighted by Crippen LogP contribution is -2.14. The summed E-state index contributed by atoms with van der Waals surface area (Å²) in [7, 11) is 0. The Morgan fingerprint density at radius 3 is 2.40 bits per heavy atom. The van der Waals surface area contributed by atoms with E-state index in [0.717, 1.165) is 4.86 Å². The Labute approximate surface area is 66.6 Å². The monoisotopic (exact) mass is 160 g/mol. The van der Waals surface area contributed by atoms with E-state index < -0.39 is 0 Å². The van der Waals surface area contributed by atoms with Crippen molar-refractivity contribution >= 4 is 23.1 Å². The fourth-order valence-electron chi connectivity index (χ4n) is 0.730. The molecule has 0 amide bonds. The van der Waals surface area contributed by atoms with Crippen molar-refractivity contribution in [3.63, 3.8) is 0 Å². The highest BCUT2D eigenvalue weighted by molar-refractivity contribution is 7.80. The van der Waals surface area contributed by atoms with Gasteiger partial charge in [-0.05, 0) is 18.7 Å². The minimum atomic E-state index is -0.247. The van der Waals surface area contributed by atoms with Crippen molar-refractivity contribution in [1.82, 2.24) is 0 Å². The molecular weight excluding hydrogens is 148 g/mol. The van der Waals surface area contributed by atoms with Crippen molar-refractivity contribution in [3.05, 3.63) is 0 Å². The molecule has 0 N–H and O–H groups in total. The van der Waals surface area contributed by atoms with E-state index in [1.54, 1.807) is 0 Å². The second kappa shape index (κ2) is 4.39. The number of thiocarbonyl (C=S) groups is 1. The largest absolute Gasteiger partial charge is 0.462 e. The highest BCUT2D eigenvalue weighted by Crippen LogP contribution is 1.99. The van der Waals surface area contributed by atoms with Crippen LogP contribution in [0, 0.1) is 0 Å². The molecule has 1 unspecified atom stereocenters. The molecule has 1 atom stereocenters. The molecule has 0 rings (SSSR count). The van der Waals surface area contributed by atoms with Gasteiger partial charge in [0.25, 0.3) is 0 Å². The molecule has 0 bridgehead atoms. The van der Waals surface area contributed by atoms with Crippen LogP contribution in [0.2, 0.25) is 0 Å². The lowest BCUT2D eigenvalue weighted by Gasteiger charge is -2.09. The molecule has 0 fully saturated rings. The Bertz CT molecular complexity index is 127. The number of ether oxygens (including phenoxy) is 1. The fraction of sp³-hybridized carbons (Fsp3) is 0.714. The molecule has 0 aliphatic heterocycles. The summed E-state index contributed by atoms with van der Waals surface area (Å²) in [6, 6.07) is 0. The van der Waals surface area contributed by atoms with Gasteiger partial charge in [0.1, 0.15) is 6.10 Å². The van der Waals surface area contributed by atoms with E-state index in [9.17, 15) is 4.79 Å². The molecule has 0 aromatic heterocycles. The van der Waals surface area contributed by atoms with E-state index in [1.807, 2.05) is 13.8 Å². The summed E-state index contributed by atoms with van der Waals surface area (Å²) in [5, 5.41) is 0. The maximum atomic E-state index is 10.4. The van der Waals surface area contributed by atoms with E-state index >= 15 is 0 Å². The first-order valence-corrected chi connectivity index (χ1v) is 3.60. The van der Waals surface area contributed by atoms with Gasteiger partial charge >= 0.3 is 5.97 Å². The standard InChI is InChI=1S/C7H12O2S/c1-5(4-6(2)10)9-7(3)8/h5H,4H2,1-3H3.